The van der Waals surface area contributed by atoms with E-state index in [1.165, 1.54) is 83.5 Å². The van der Waals surface area contributed by atoms with Gasteiger partial charge >= 0.3 is 7.75 Å². The second-order valence-corrected chi connectivity index (χ2v) is 8.35. The number of ether oxygens (including phenoxy) is 1. The third-order valence-corrected chi connectivity index (χ3v) is 4.90. The summed E-state index contributed by atoms with van der Waals surface area (Å²) in [5.74, 6) is 0. The molecule has 0 saturated heterocycles. The Morgan fingerprint density at radius 2 is 1.08 bits per heavy atom. The number of nitrogens with two attached hydrogens (primary N) is 1. The highest BCUT2D eigenvalue weighted by atomic mass is 31.2. The van der Waals surface area contributed by atoms with E-state index in [-0.39, 0.29) is 6.61 Å². The molecule has 0 rings (SSSR count). The summed E-state index contributed by atoms with van der Waals surface area (Å²) in [4.78, 5) is 8.73. The van der Waals surface area contributed by atoms with Gasteiger partial charge in [0.15, 0.2) is 0 Å². The molecule has 0 aliphatic carbocycles. The van der Waals surface area contributed by atoms with Crippen molar-refractivity contribution in [3.8, 4) is 0 Å². The van der Waals surface area contributed by atoms with Crippen LogP contribution in [-0.2, 0) is 13.8 Å². The predicted molar refractivity (Wildman–Crippen MR) is 106 cm³/mol. The Hall–Kier alpha value is 0.0700. The van der Waals surface area contributed by atoms with Crippen molar-refractivity contribution in [1.82, 2.24) is 0 Å². The van der Waals surface area contributed by atoms with Gasteiger partial charge in [0, 0.05) is 13.2 Å². The molecule has 0 aromatic carbocycles. The summed E-state index contributed by atoms with van der Waals surface area (Å²) in [6.45, 7) is 3.75. The van der Waals surface area contributed by atoms with Gasteiger partial charge in [0.25, 0.3) is 0 Å². The van der Waals surface area contributed by atoms with Crippen molar-refractivity contribution in [2.45, 2.75) is 103 Å². The van der Waals surface area contributed by atoms with E-state index >= 15 is 0 Å². The largest absolute Gasteiger partial charge is 0.400 e. The Morgan fingerprint density at radius 3 is 1.52 bits per heavy atom. The van der Waals surface area contributed by atoms with Gasteiger partial charge in [0.2, 0.25) is 0 Å². The molecule has 3 N–H and O–H groups in total. The Kier molecular flexibility index (Phi) is 18.9. The van der Waals surface area contributed by atoms with Gasteiger partial charge in [0.05, 0.1) is 6.61 Å². The van der Waals surface area contributed by atoms with E-state index in [9.17, 15) is 4.57 Å². The maximum absolute atomic E-state index is 10.7. The van der Waals surface area contributed by atoms with Gasteiger partial charge in [-0.05, 0) is 12.8 Å². The Labute approximate surface area is 155 Å². The lowest BCUT2D eigenvalue weighted by atomic mass is 10.0. The highest BCUT2D eigenvalue weighted by Gasteiger charge is 2.09. The van der Waals surface area contributed by atoms with Gasteiger partial charge in [-0.25, -0.2) is 10.1 Å². The number of unbranched alkanes of at least 4 members (excludes halogenated alkanes) is 13. The maximum atomic E-state index is 10.7. The molecule has 0 fully saturated rings. The quantitative estimate of drug-likeness (QED) is 0.202. The van der Waals surface area contributed by atoms with Gasteiger partial charge in [0.1, 0.15) is 0 Å². The Balaban J connectivity index is 3.02. The van der Waals surface area contributed by atoms with Crippen LogP contribution in [-0.4, -0.2) is 24.7 Å². The van der Waals surface area contributed by atoms with Gasteiger partial charge in [-0.15, -0.1) is 0 Å². The minimum absolute atomic E-state index is 0.170. The normalized spacial score (nSPS) is 13.9. The highest BCUT2D eigenvalue weighted by molar-refractivity contribution is 7.50. The first-order valence-corrected chi connectivity index (χ1v) is 12.0. The summed E-state index contributed by atoms with van der Waals surface area (Å²) < 4.78 is 20.7. The van der Waals surface area contributed by atoms with Crippen molar-refractivity contribution in [3.05, 3.63) is 0 Å². The fraction of sp³-hybridized carbons (Fsp3) is 1.00. The van der Waals surface area contributed by atoms with Gasteiger partial charge in [-0.3, -0.25) is 4.52 Å². The fourth-order valence-electron chi connectivity index (χ4n) is 2.86. The molecule has 0 heterocycles. The molecule has 0 radical (unpaired) electrons. The standard InChI is InChI=1S/C19H42NO4P/c1-2-3-4-5-6-7-8-9-10-11-12-13-14-15-17-23-18-16-19-24-25(20,21)22/h2-19H2,1H3,(H3,20,21,22). The molecule has 0 spiro atoms. The first kappa shape index (κ1) is 25.1. The average molecular weight is 380 g/mol. The van der Waals surface area contributed by atoms with E-state index < -0.39 is 7.75 Å². The zero-order valence-electron chi connectivity index (χ0n) is 16.4. The van der Waals surface area contributed by atoms with Crippen LogP contribution < -0.4 is 5.50 Å². The first-order valence-electron chi connectivity index (χ1n) is 10.4. The lowest BCUT2D eigenvalue weighted by Gasteiger charge is -2.07. The Morgan fingerprint density at radius 1 is 0.680 bits per heavy atom. The second kappa shape index (κ2) is 18.8. The number of rotatable bonds is 20. The van der Waals surface area contributed by atoms with E-state index in [1.54, 1.807) is 0 Å². The zero-order valence-corrected chi connectivity index (χ0v) is 17.3. The number of hydrogen-bond acceptors (Lipinski definition) is 3. The molecule has 1 atom stereocenters. The van der Waals surface area contributed by atoms with Crippen molar-refractivity contribution < 1.29 is 18.7 Å². The van der Waals surface area contributed by atoms with Gasteiger partial charge in [-0.1, -0.05) is 90.4 Å². The molecular weight excluding hydrogens is 337 g/mol. The highest BCUT2D eigenvalue weighted by Crippen LogP contribution is 2.30. The summed E-state index contributed by atoms with van der Waals surface area (Å²) in [7, 11) is -3.81. The van der Waals surface area contributed by atoms with Crippen LogP contribution in [0.5, 0.6) is 0 Å². The zero-order chi connectivity index (χ0) is 18.6. The van der Waals surface area contributed by atoms with Crippen molar-refractivity contribution in [2.75, 3.05) is 19.8 Å². The topological polar surface area (TPSA) is 81.8 Å². The summed E-state index contributed by atoms with van der Waals surface area (Å²) in [5.41, 5.74) is 4.86. The second-order valence-electron chi connectivity index (χ2n) is 6.96. The lowest BCUT2D eigenvalue weighted by Crippen LogP contribution is -2.04. The average Bonchev–Trinajstić information content (AvgIpc) is 2.56. The molecular formula is C19H42NO4P. The van der Waals surface area contributed by atoms with Crippen molar-refractivity contribution in [3.63, 3.8) is 0 Å². The maximum Gasteiger partial charge on any atom is 0.400 e. The first-order chi connectivity index (χ1) is 12.1. The molecule has 0 aromatic rings. The van der Waals surface area contributed by atoms with Crippen molar-refractivity contribution in [2.24, 2.45) is 5.50 Å². The smallest absolute Gasteiger partial charge is 0.381 e. The van der Waals surface area contributed by atoms with Crippen molar-refractivity contribution >= 4 is 7.75 Å². The molecule has 1 unspecified atom stereocenters. The summed E-state index contributed by atoms with van der Waals surface area (Å²) in [5, 5.41) is 0. The van der Waals surface area contributed by atoms with Crippen LogP contribution in [0.4, 0.5) is 0 Å². The van der Waals surface area contributed by atoms with Crippen LogP contribution in [0, 0.1) is 0 Å². The summed E-state index contributed by atoms with van der Waals surface area (Å²) >= 11 is 0. The molecule has 0 bridgehead atoms. The lowest BCUT2D eigenvalue weighted by molar-refractivity contribution is 0.113. The van der Waals surface area contributed by atoms with E-state index in [1.807, 2.05) is 0 Å². The van der Waals surface area contributed by atoms with Crippen LogP contribution in [0.3, 0.4) is 0 Å². The predicted octanol–water partition coefficient (Wildman–Crippen LogP) is 5.95. The van der Waals surface area contributed by atoms with E-state index in [0.29, 0.717) is 13.0 Å². The summed E-state index contributed by atoms with van der Waals surface area (Å²) in [6, 6.07) is 0. The van der Waals surface area contributed by atoms with E-state index in [2.05, 4.69) is 11.4 Å². The number of hydrogen-bond donors (Lipinski definition) is 2. The molecule has 25 heavy (non-hydrogen) atoms. The van der Waals surface area contributed by atoms with Crippen LogP contribution in [0.25, 0.3) is 0 Å². The van der Waals surface area contributed by atoms with Gasteiger partial charge < -0.3 is 9.63 Å². The van der Waals surface area contributed by atoms with Crippen LogP contribution >= 0.6 is 7.75 Å². The molecule has 5 nitrogen and oxygen atoms in total. The minimum atomic E-state index is -3.81. The third kappa shape index (κ3) is 24.1. The van der Waals surface area contributed by atoms with E-state index in [4.69, 9.17) is 15.1 Å². The molecule has 152 valence electrons. The molecule has 0 saturated carbocycles. The molecule has 0 amide bonds. The van der Waals surface area contributed by atoms with Crippen LogP contribution in [0.2, 0.25) is 0 Å². The van der Waals surface area contributed by atoms with E-state index in [0.717, 1.165) is 13.0 Å². The Bertz CT molecular complexity index is 310. The van der Waals surface area contributed by atoms with Crippen LogP contribution in [0.1, 0.15) is 103 Å². The monoisotopic (exact) mass is 379 g/mol. The molecule has 0 aliphatic heterocycles. The van der Waals surface area contributed by atoms with Crippen molar-refractivity contribution in [1.29, 1.82) is 0 Å². The molecule has 0 aromatic heterocycles. The molecule has 6 heteroatoms. The molecule has 0 aliphatic rings. The SMILES string of the molecule is CCCCCCCCCCCCCCCCOCCCOP(N)(=O)O. The minimum Gasteiger partial charge on any atom is -0.381 e. The third-order valence-electron chi connectivity index (χ3n) is 4.35. The van der Waals surface area contributed by atoms with Gasteiger partial charge in [-0.2, -0.15) is 0 Å². The summed E-state index contributed by atoms with van der Waals surface area (Å²) in [6.07, 6.45) is 19.6. The fourth-order valence-corrected chi connectivity index (χ4v) is 3.25. The van der Waals surface area contributed by atoms with Crippen LogP contribution in [0.15, 0.2) is 0 Å².